The van der Waals surface area contributed by atoms with Crippen LogP contribution in [0.25, 0.3) is 0 Å². The lowest BCUT2D eigenvalue weighted by Gasteiger charge is -2.02. The Morgan fingerprint density at radius 1 is 1.43 bits per heavy atom. The second-order valence-electron chi connectivity index (χ2n) is 3.31. The molecule has 0 unspecified atom stereocenters. The quantitative estimate of drug-likeness (QED) is 0.412. The minimum Gasteiger partial charge on any atom is -0.296 e. The smallest absolute Gasteiger partial charge is 0.188 e. The Labute approximate surface area is 86.7 Å². The van der Waals surface area contributed by atoms with Gasteiger partial charge in [-0.25, -0.2) is 9.97 Å². The van der Waals surface area contributed by atoms with Gasteiger partial charge in [-0.1, -0.05) is 11.8 Å². The third kappa shape index (κ3) is 1.53. The Morgan fingerprint density at radius 2 is 2.21 bits per heavy atom. The molecule has 0 aliphatic carbocycles. The standard InChI is InChI=1S/C9H11N3OS/c1-12-3-6-7(4-12)10-9(14-2)11-8(6)5-13/h5H,3-4H2,1-2H3. The average Bonchev–Trinajstić information content (AvgIpc) is 2.56. The van der Waals surface area contributed by atoms with Crippen LogP contribution in [0.4, 0.5) is 0 Å². The van der Waals surface area contributed by atoms with Crippen LogP contribution in [-0.4, -0.2) is 34.5 Å². The molecule has 14 heavy (non-hydrogen) atoms. The molecule has 0 atom stereocenters. The molecule has 0 bridgehead atoms. The van der Waals surface area contributed by atoms with E-state index in [1.54, 1.807) is 0 Å². The first kappa shape index (κ1) is 9.61. The molecule has 0 fully saturated rings. The second-order valence-corrected chi connectivity index (χ2v) is 4.08. The van der Waals surface area contributed by atoms with Crippen molar-refractivity contribution in [3.8, 4) is 0 Å². The van der Waals surface area contributed by atoms with E-state index in [2.05, 4.69) is 14.9 Å². The van der Waals surface area contributed by atoms with E-state index < -0.39 is 0 Å². The Balaban J connectivity index is 2.51. The van der Waals surface area contributed by atoms with Crippen LogP contribution in [0.15, 0.2) is 5.16 Å². The Hall–Kier alpha value is -0.940. The van der Waals surface area contributed by atoms with Gasteiger partial charge in [-0.3, -0.25) is 9.69 Å². The number of carbonyl (C=O) groups is 1. The van der Waals surface area contributed by atoms with Crippen molar-refractivity contribution in [2.75, 3.05) is 13.3 Å². The highest BCUT2D eigenvalue weighted by molar-refractivity contribution is 7.98. The number of rotatable bonds is 2. The second kappa shape index (κ2) is 3.67. The number of aromatic nitrogens is 2. The summed E-state index contributed by atoms with van der Waals surface area (Å²) in [6.07, 6.45) is 2.73. The fourth-order valence-corrected chi connectivity index (χ4v) is 1.99. The molecule has 1 aliphatic rings. The summed E-state index contributed by atoms with van der Waals surface area (Å²) >= 11 is 1.47. The van der Waals surface area contributed by atoms with Gasteiger partial charge in [0.1, 0.15) is 5.69 Å². The van der Waals surface area contributed by atoms with Crippen molar-refractivity contribution in [2.45, 2.75) is 18.2 Å². The fourth-order valence-electron chi connectivity index (χ4n) is 1.60. The molecule has 2 rings (SSSR count). The summed E-state index contributed by atoms with van der Waals surface area (Å²) in [4.78, 5) is 21.5. The maximum Gasteiger partial charge on any atom is 0.188 e. The topological polar surface area (TPSA) is 46.1 Å². The molecular weight excluding hydrogens is 198 g/mol. The van der Waals surface area contributed by atoms with E-state index in [0.29, 0.717) is 10.9 Å². The van der Waals surface area contributed by atoms with Crippen molar-refractivity contribution in [1.82, 2.24) is 14.9 Å². The van der Waals surface area contributed by atoms with Gasteiger partial charge in [0.25, 0.3) is 0 Å². The average molecular weight is 209 g/mol. The number of hydrogen-bond acceptors (Lipinski definition) is 5. The van der Waals surface area contributed by atoms with E-state index in [4.69, 9.17) is 0 Å². The molecule has 1 aromatic rings. The van der Waals surface area contributed by atoms with E-state index >= 15 is 0 Å². The highest BCUT2D eigenvalue weighted by Gasteiger charge is 2.22. The normalized spacial score (nSPS) is 15.6. The van der Waals surface area contributed by atoms with E-state index in [0.717, 1.165) is 30.6 Å². The molecule has 0 saturated heterocycles. The van der Waals surface area contributed by atoms with Crippen molar-refractivity contribution in [3.05, 3.63) is 17.0 Å². The zero-order chi connectivity index (χ0) is 10.1. The molecular formula is C9H11N3OS. The van der Waals surface area contributed by atoms with Gasteiger partial charge in [-0.15, -0.1) is 0 Å². The first-order valence-electron chi connectivity index (χ1n) is 4.32. The molecule has 5 heteroatoms. The third-order valence-corrected chi connectivity index (χ3v) is 2.79. The number of nitrogens with zero attached hydrogens (tertiary/aromatic N) is 3. The van der Waals surface area contributed by atoms with Crippen molar-refractivity contribution in [3.63, 3.8) is 0 Å². The van der Waals surface area contributed by atoms with Crippen LogP contribution >= 0.6 is 11.8 Å². The van der Waals surface area contributed by atoms with Crippen LogP contribution in [-0.2, 0) is 13.1 Å². The van der Waals surface area contributed by atoms with Gasteiger partial charge in [-0.05, 0) is 13.3 Å². The summed E-state index contributed by atoms with van der Waals surface area (Å²) in [5, 5.41) is 0.682. The number of aldehydes is 1. The minimum atomic E-state index is 0.545. The van der Waals surface area contributed by atoms with E-state index in [9.17, 15) is 4.79 Å². The fraction of sp³-hybridized carbons (Fsp3) is 0.444. The minimum absolute atomic E-state index is 0.545. The first-order valence-corrected chi connectivity index (χ1v) is 5.54. The molecule has 0 amide bonds. The molecule has 74 valence electrons. The third-order valence-electron chi connectivity index (χ3n) is 2.25. The largest absolute Gasteiger partial charge is 0.296 e. The van der Waals surface area contributed by atoms with Crippen molar-refractivity contribution in [2.24, 2.45) is 0 Å². The van der Waals surface area contributed by atoms with Gasteiger partial charge < -0.3 is 0 Å². The van der Waals surface area contributed by atoms with Crippen LogP contribution in [0.1, 0.15) is 21.7 Å². The van der Waals surface area contributed by atoms with Crippen molar-refractivity contribution < 1.29 is 4.79 Å². The number of thioether (sulfide) groups is 1. The maximum absolute atomic E-state index is 10.8. The van der Waals surface area contributed by atoms with Gasteiger partial charge in [0.2, 0.25) is 0 Å². The summed E-state index contributed by atoms with van der Waals surface area (Å²) in [6, 6.07) is 0. The van der Waals surface area contributed by atoms with Crippen molar-refractivity contribution in [1.29, 1.82) is 0 Å². The Morgan fingerprint density at radius 3 is 2.86 bits per heavy atom. The molecule has 2 heterocycles. The Bertz CT molecular complexity index is 381. The van der Waals surface area contributed by atoms with Crippen LogP contribution in [0.5, 0.6) is 0 Å². The predicted molar refractivity (Wildman–Crippen MR) is 54.4 cm³/mol. The molecule has 0 aromatic carbocycles. The lowest BCUT2D eigenvalue weighted by Crippen LogP contribution is -2.08. The predicted octanol–water partition coefficient (Wildman–Crippen LogP) is 0.956. The van der Waals surface area contributed by atoms with E-state index in [-0.39, 0.29) is 0 Å². The molecule has 0 radical (unpaired) electrons. The molecule has 4 nitrogen and oxygen atoms in total. The van der Waals surface area contributed by atoms with Crippen molar-refractivity contribution >= 4 is 18.0 Å². The highest BCUT2D eigenvalue weighted by atomic mass is 32.2. The SMILES string of the molecule is CSc1nc(C=O)c2c(n1)CN(C)C2. The summed E-state index contributed by atoms with van der Waals surface area (Å²) in [5.41, 5.74) is 2.53. The summed E-state index contributed by atoms with van der Waals surface area (Å²) in [7, 11) is 2.01. The van der Waals surface area contributed by atoms with Gasteiger partial charge in [0, 0.05) is 18.7 Å². The molecule has 0 spiro atoms. The monoisotopic (exact) mass is 209 g/mol. The zero-order valence-electron chi connectivity index (χ0n) is 8.15. The van der Waals surface area contributed by atoms with Crippen LogP contribution in [0.3, 0.4) is 0 Å². The summed E-state index contributed by atoms with van der Waals surface area (Å²) < 4.78 is 0. The van der Waals surface area contributed by atoms with E-state index in [1.165, 1.54) is 11.8 Å². The van der Waals surface area contributed by atoms with Crippen LogP contribution in [0, 0.1) is 0 Å². The van der Waals surface area contributed by atoms with Crippen LogP contribution in [0.2, 0.25) is 0 Å². The summed E-state index contributed by atoms with van der Waals surface area (Å²) in [6.45, 7) is 1.59. The lowest BCUT2D eigenvalue weighted by molar-refractivity contribution is 0.111. The molecule has 0 saturated carbocycles. The van der Waals surface area contributed by atoms with E-state index in [1.807, 2.05) is 13.3 Å². The van der Waals surface area contributed by atoms with Crippen LogP contribution < -0.4 is 0 Å². The van der Waals surface area contributed by atoms with Gasteiger partial charge in [0.15, 0.2) is 11.4 Å². The number of fused-ring (bicyclic) bond motifs is 1. The lowest BCUT2D eigenvalue weighted by atomic mass is 10.2. The maximum atomic E-state index is 10.8. The molecule has 1 aliphatic heterocycles. The highest BCUT2D eigenvalue weighted by Crippen LogP contribution is 2.23. The molecule has 0 N–H and O–H groups in total. The number of carbonyl (C=O) groups excluding carboxylic acids is 1. The summed E-state index contributed by atoms with van der Waals surface area (Å²) in [5.74, 6) is 0. The van der Waals surface area contributed by atoms with Gasteiger partial charge in [0.05, 0.1) is 5.69 Å². The van der Waals surface area contributed by atoms with Gasteiger partial charge in [-0.2, -0.15) is 0 Å². The number of hydrogen-bond donors (Lipinski definition) is 0. The first-order chi connectivity index (χ1) is 6.74. The zero-order valence-corrected chi connectivity index (χ0v) is 8.97. The Kier molecular flexibility index (Phi) is 2.52. The molecule has 1 aromatic heterocycles. The van der Waals surface area contributed by atoms with Gasteiger partial charge >= 0.3 is 0 Å².